The lowest BCUT2D eigenvalue weighted by Gasteiger charge is -2.30. The number of carbonyl (C=O) groups is 1. The van der Waals surface area contributed by atoms with Gasteiger partial charge in [-0.3, -0.25) is 4.79 Å². The smallest absolute Gasteiger partial charge is 0.236 e. The zero-order valence-corrected chi connectivity index (χ0v) is 8.86. The average Bonchev–Trinajstić information content (AvgIpc) is 2.19. The summed E-state index contributed by atoms with van der Waals surface area (Å²) in [5, 5.41) is 2.86. The van der Waals surface area contributed by atoms with Crippen molar-refractivity contribution in [1.29, 1.82) is 0 Å². The third kappa shape index (κ3) is 2.02. The van der Waals surface area contributed by atoms with Gasteiger partial charge in [0.05, 0.1) is 6.04 Å². The van der Waals surface area contributed by atoms with Crippen LogP contribution in [0.1, 0.15) is 24.0 Å². The molecule has 1 unspecified atom stereocenters. The molecular formula is C12H16N2O. The number of hydrogen-bond donors (Lipinski definition) is 2. The molecular weight excluding hydrogens is 188 g/mol. The normalized spacial score (nSPS) is 20.0. The highest BCUT2D eigenvalue weighted by molar-refractivity contribution is 5.81. The molecule has 15 heavy (non-hydrogen) atoms. The zero-order chi connectivity index (χ0) is 10.8. The van der Waals surface area contributed by atoms with E-state index in [0.29, 0.717) is 12.5 Å². The molecule has 0 aromatic heterocycles. The molecule has 2 rings (SSSR count). The van der Waals surface area contributed by atoms with Crippen molar-refractivity contribution in [2.75, 3.05) is 6.54 Å². The average molecular weight is 204 g/mol. The van der Waals surface area contributed by atoms with Gasteiger partial charge in [0.2, 0.25) is 5.91 Å². The van der Waals surface area contributed by atoms with Crippen molar-refractivity contribution in [1.82, 2.24) is 5.32 Å². The standard InChI is InChI=1S/C12H16N2O/c1-8(13)12(15)14-7-10-6-9-4-2-3-5-11(9)10/h2-5,8,10H,6-7,13H2,1H3,(H,14,15)/t8-,10?/m1/s1. The van der Waals surface area contributed by atoms with Crippen LogP contribution in [0.2, 0.25) is 0 Å². The van der Waals surface area contributed by atoms with E-state index >= 15 is 0 Å². The van der Waals surface area contributed by atoms with Gasteiger partial charge in [-0.1, -0.05) is 24.3 Å². The van der Waals surface area contributed by atoms with Crippen molar-refractivity contribution in [2.45, 2.75) is 25.3 Å². The Kier molecular flexibility index (Phi) is 2.73. The van der Waals surface area contributed by atoms with E-state index in [1.165, 1.54) is 11.1 Å². The Labute approximate surface area is 89.7 Å². The molecule has 0 saturated carbocycles. The van der Waals surface area contributed by atoms with Crippen LogP contribution in [-0.4, -0.2) is 18.5 Å². The first-order valence-corrected chi connectivity index (χ1v) is 5.29. The highest BCUT2D eigenvalue weighted by atomic mass is 16.2. The summed E-state index contributed by atoms with van der Waals surface area (Å²) in [5.41, 5.74) is 8.23. The first-order valence-electron chi connectivity index (χ1n) is 5.29. The van der Waals surface area contributed by atoms with E-state index in [2.05, 4.69) is 23.5 Å². The largest absolute Gasteiger partial charge is 0.354 e. The molecule has 1 aromatic carbocycles. The van der Waals surface area contributed by atoms with Crippen LogP contribution in [0.3, 0.4) is 0 Å². The molecule has 3 N–H and O–H groups in total. The summed E-state index contributed by atoms with van der Waals surface area (Å²) < 4.78 is 0. The van der Waals surface area contributed by atoms with Crippen LogP contribution in [0.15, 0.2) is 24.3 Å². The van der Waals surface area contributed by atoms with Gasteiger partial charge in [0, 0.05) is 12.5 Å². The molecule has 1 aromatic rings. The minimum Gasteiger partial charge on any atom is -0.354 e. The van der Waals surface area contributed by atoms with E-state index in [0.717, 1.165) is 6.42 Å². The molecule has 0 aliphatic heterocycles. The molecule has 0 fully saturated rings. The Morgan fingerprint density at radius 2 is 2.33 bits per heavy atom. The number of amides is 1. The molecule has 0 radical (unpaired) electrons. The maximum absolute atomic E-state index is 11.3. The molecule has 0 spiro atoms. The molecule has 1 aliphatic carbocycles. The second kappa shape index (κ2) is 4.03. The maximum atomic E-state index is 11.3. The van der Waals surface area contributed by atoms with Crippen LogP contribution in [0.4, 0.5) is 0 Å². The number of fused-ring (bicyclic) bond motifs is 1. The third-order valence-corrected chi connectivity index (χ3v) is 2.90. The Hall–Kier alpha value is -1.35. The number of benzene rings is 1. The highest BCUT2D eigenvalue weighted by Crippen LogP contribution is 2.33. The summed E-state index contributed by atoms with van der Waals surface area (Å²) in [6.07, 6.45) is 1.06. The summed E-state index contributed by atoms with van der Waals surface area (Å²) in [6, 6.07) is 7.94. The van der Waals surface area contributed by atoms with Crippen molar-refractivity contribution in [3.8, 4) is 0 Å². The Balaban J connectivity index is 1.88. The molecule has 3 nitrogen and oxygen atoms in total. The first-order chi connectivity index (χ1) is 7.18. The minimum absolute atomic E-state index is 0.0700. The minimum atomic E-state index is -0.416. The van der Waals surface area contributed by atoms with Gasteiger partial charge in [0.15, 0.2) is 0 Å². The van der Waals surface area contributed by atoms with Crippen LogP contribution in [-0.2, 0) is 11.2 Å². The summed E-state index contributed by atoms with van der Waals surface area (Å²) >= 11 is 0. The van der Waals surface area contributed by atoms with Gasteiger partial charge in [0.1, 0.15) is 0 Å². The fourth-order valence-corrected chi connectivity index (χ4v) is 1.93. The number of rotatable bonds is 3. The van der Waals surface area contributed by atoms with Crippen molar-refractivity contribution >= 4 is 5.91 Å². The Morgan fingerprint density at radius 3 is 3.00 bits per heavy atom. The van der Waals surface area contributed by atoms with Gasteiger partial charge in [-0.15, -0.1) is 0 Å². The summed E-state index contributed by atoms with van der Waals surface area (Å²) in [6.45, 7) is 2.40. The van der Waals surface area contributed by atoms with Crippen LogP contribution < -0.4 is 11.1 Å². The lowest BCUT2D eigenvalue weighted by atomic mass is 9.77. The second-order valence-electron chi connectivity index (χ2n) is 4.13. The van der Waals surface area contributed by atoms with Gasteiger partial charge in [-0.05, 0) is 24.5 Å². The predicted molar refractivity (Wildman–Crippen MR) is 59.5 cm³/mol. The van der Waals surface area contributed by atoms with Gasteiger partial charge in [0.25, 0.3) is 0 Å². The third-order valence-electron chi connectivity index (χ3n) is 2.90. The first kappa shape index (κ1) is 10.2. The summed E-state index contributed by atoms with van der Waals surface area (Å²) in [7, 11) is 0. The summed E-state index contributed by atoms with van der Waals surface area (Å²) in [4.78, 5) is 11.3. The van der Waals surface area contributed by atoms with Crippen LogP contribution >= 0.6 is 0 Å². The molecule has 0 heterocycles. The molecule has 0 saturated heterocycles. The van der Waals surface area contributed by atoms with Crippen LogP contribution in [0.5, 0.6) is 0 Å². The number of nitrogens with two attached hydrogens (primary N) is 1. The highest BCUT2D eigenvalue weighted by Gasteiger charge is 2.25. The fraction of sp³-hybridized carbons (Fsp3) is 0.417. The van der Waals surface area contributed by atoms with E-state index in [1.807, 2.05) is 6.07 Å². The zero-order valence-electron chi connectivity index (χ0n) is 8.86. The van der Waals surface area contributed by atoms with Crippen molar-refractivity contribution < 1.29 is 4.79 Å². The van der Waals surface area contributed by atoms with Gasteiger partial charge in [-0.2, -0.15) is 0 Å². The van der Waals surface area contributed by atoms with Crippen molar-refractivity contribution in [3.63, 3.8) is 0 Å². The molecule has 3 heteroatoms. The summed E-state index contributed by atoms with van der Waals surface area (Å²) in [5.74, 6) is 0.406. The maximum Gasteiger partial charge on any atom is 0.236 e. The second-order valence-corrected chi connectivity index (χ2v) is 4.13. The molecule has 2 atom stereocenters. The lowest BCUT2D eigenvalue weighted by molar-refractivity contribution is -0.122. The molecule has 1 aliphatic rings. The van der Waals surface area contributed by atoms with Crippen LogP contribution in [0.25, 0.3) is 0 Å². The lowest BCUT2D eigenvalue weighted by Crippen LogP contribution is -2.41. The van der Waals surface area contributed by atoms with Gasteiger partial charge >= 0.3 is 0 Å². The number of hydrogen-bond acceptors (Lipinski definition) is 2. The van der Waals surface area contributed by atoms with E-state index in [9.17, 15) is 4.79 Å². The Morgan fingerprint density at radius 1 is 1.60 bits per heavy atom. The SMILES string of the molecule is C[C@@H](N)C(=O)NCC1Cc2ccccc21. The van der Waals surface area contributed by atoms with Gasteiger partial charge < -0.3 is 11.1 Å². The Bertz CT molecular complexity index is 374. The molecule has 0 bridgehead atoms. The topological polar surface area (TPSA) is 55.1 Å². The van der Waals surface area contributed by atoms with E-state index < -0.39 is 6.04 Å². The van der Waals surface area contributed by atoms with E-state index in [4.69, 9.17) is 5.73 Å². The van der Waals surface area contributed by atoms with E-state index in [-0.39, 0.29) is 5.91 Å². The monoisotopic (exact) mass is 204 g/mol. The van der Waals surface area contributed by atoms with Crippen LogP contribution in [0, 0.1) is 0 Å². The number of carbonyl (C=O) groups excluding carboxylic acids is 1. The van der Waals surface area contributed by atoms with E-state index in [1.54, 1.807) is 6.92 Å². The number of nitrogens with one attached hydrogen (secondary N) is 1. The molecule has 80 valence electrons. The van der Waals surface area contributed by atoms with Gasteiger partial charge in [-0.25, -0.2) is 0 Å². The van der Waals surface area contributed by atoms with Crippen molar-refractivity contribution in [2.24, 2.45) is 5.73 Å². The predicted octanol–water partition coefficient (Wildman–Crippen LogP) is 0.790. The fourth-order valence-electron chi connectivity index (χ4n) is 1.93. The quantitative estimate of drug-likeness (QED) is 0.764. The molecule has 1 amide bonds. The van der Waals surface area contributed by atoms with Crippen molar-refractivity contribution in [3.05, 3.63) is 35.4 Å².